The lowest BCUT2D eigenvalue weighted by atomic mass is 10.1. The van der Waals surface area contributed by atoms with E-state index in [0.29, 0.717) is 0 Å². The van der Waals surface area contributed by atoms with E-state index in [9.17, 15) is 48.9 Å². The van der Waals surface area contributed by atoms with Crippen LogP contribution in [0.2, 0.25) is 0 Å². The van der Waals surface area contributed by atoms with Crippen LogP contribution in [0.15, 0.2) is 12.7 Å². The number of carboxylic acids is 1. The van der Waals surface area contributed by atoms with Crippen LogP contribution >= 0.6 is 15.6 Å². The van der Waals surface area contributed by atoms with Gasteiger partial charge in [0.2, 0.25) is 0 Å². The molecule has 2 saturated heterocycles. The molecule has 2 aliphatic heterocycles. The van der Waals surface area contributed by atoms with Crippen molar-refractivity contribution in [2.75, 3.05) is 18.9 Å². The van der Waals surface area contributed by atoms with Crippen LogP contribution in [-0.4, -0.2) is 123 Å². The highest BCUT2D eigenvalue weighted by Crippen LogP contribution is 2.60. The summed E-state index contributed by atoms with van der Waals surface area (Å²) < 4.78 is 54.6. The monoisotopic (exact) mass is 659 g/mol. The number of aliphatic carboxylic acids is 1. The summed E-state index contributed by atoms with van der Waals surface area (Å²) in [7, 11) is -10.9. The lowest BCUT2D eigenvalue weighted by molar-refractivity contribution is -0.158. The Morgan fingerprint density at radius 1 is 0.930 bits per heavy atom. The minimum atomic E-state index is -5.46. The number of carbonyl (C=O) groups excluding carboxylic acids is 1. The molecule has 0 amide bonds. The molecule has 0 radical (unpaired) electrons. The molecule has 9 N–H and O–H groups in total. The number of anilines is 1. The van der Waals surface area contributed by atoms with Crippen molar-refractivity contribution in [3.63, 3.8) is 0 Å². The van der Waals surface area contributed by atoms with Gasteiger partial charge in [-0.25, -0.2) is 24.1 Å². The molecule has 240 valence electrons. The van der Waals surface area contributed by atoms with Gasteiger partial charge in [-0.3, -0.25) is 23.2 Å². The Labute approximate surface area is 239 Å². The molecule has 0 spiro atoms. The van der Waals surface area contributed by atoms with Gasteiger partial charge in [0.15, 0.2) is 30.1 Å². The van der Waals surface area contributed by atoms with E-state index in [2.05, 4.69) is 28.3 Å². The summed E-state index contributed by atoms with van der Waals surface area (Å²) in [5, 5.41) is 49.1. The summed E-state index contributed by atoms with van der Waals surface area (Å²) in [4.78, 5) is 54.1. The zero-order valence-corrected chi connectivity index (χ0v) is 23.4. The second-order valence-electron chi connectivity index (χ2n) is 9.14. The molecule has 2 aromatic heterocycles. The van der Waals surface area contributed by atoms with Crippen LogP contribution in [0.5, 0.6) is 0 Å². The van der Waals surface area contributed by atoms with Gasteiger partial charge in [0.1, 0.15) is 42.4 Å². The Hall–Kier alpha value is -2.69. The molecule has 0 aliphatic carbocycles. The quantitative estimate of drug-likeness (QED) is 0.0791. The standard InChI is InChI=1S/C19H27N5O17P2/c20-16-11-17(22-5-21-16)24(6-23-11)18-13(29)12(28)7(38-18)3-36-42(32,33)41-43(34,35)37-4-8-15(14(30)19(31)39-8)40-10(27)2-1-9(25)26/h5-8,12-15,18-19,28-31H,1-4H2,(H,25,26)(H,32,33)(H,34,35)(H2,20,21,22)/t7-,8+,12-,13-,14+,15+,18-,19?/m1/s1. The second kappa shape index (κ2) is 13.1. The maximum Gasteiger partial charge on any atom is 0.481 e. The third-order valence-electron chi connectivity index (χ3n) is 6.13. The predicted octanol–water partition coefficient (Wildman–Crippen LogP) is -2.87. The Balaban J connectivity index is 1.31. The molecule has 4 rings (SSSR count). The normalized spacial score (nSPS) is 32.0. The molecule has 2 aliphatic rings. The Bertz CT molecular complexity index is 1430. The first kappa shape index (κ1) is 33.2. The Morgan fingerprint density at radius 3 is 2.23 bits per heavy atom. The number of aromatic nitrogens is 4. The number of hydrogen-bond donors (Lipinski definition) is 8. The number of carbonyl (C=O) groups is 2. The highest BCUT2D eigenvalue weighted by molar-refractivity contribution is 7.61. The highest BCUT2D eigenvalue weighted by Gasteiger charge is 2.48. The molecule has 0 aromatic carbocycles. The number of nitrogens with zero attached hydrogens (tertiary/aromatic N) is 4. The summed E-state index contributed by atoms with van der Waals surface area (Å²) in [6, 6.07) is 0. The fraction of sp³-hybridized carbons (Fsp3) is 0.632. The summed E-state index contributed by atoms with van der Waals surface area (Å²) in [6.45, 7) is -1.98. The Kier molecular flexibility index (Phi) is 10.1. The van der Waals surface area contributed by atoms with Crippen molar-refractivity contribution in [1.29, 1.82) is 0 Å². The molecule has 2 aromatic rings. The molecule has 22 nitrogen and oxygen atoms in total. The number of imidazole rings is 1. The van der Waals surface area contributed by atoms with Crippen molar-refractivity contribution in [1.82, 2.24) is 19.5 Å². The number of phosphoric ester groups is 2. The fourth-order valence-electron chi connectivity index (χ4n) is 4.08. The third-order valence-corrected chi connectivity index (χ3v) is 8.73. The molecule has 43 heavy (non-hydrogen) atoms. The van der Waals surface area contributed by atoms with Crippen molar-refractivity contribution >= 4 is 44.6 Å². The maximum atomic E-state index is 12.4. The molecular weight excluding hydrogens is 632 g/mol. The first-order valence-electron chi connectivity index (χ1n) is 12.1. The van der Waals surface area contributed by atoms with Crippen LogP contribution in [0, 0.1) is 0 Å². The van der Waals surface area contributed by atoms with Gasteiger partial charge in [0, 0.05) is 0 Å². The van der Waals surface area contributed by atoms with Crippen molar-refractivity contribution in [3.05, 3.63) is 12.7 Å². The zero-order valence-electron chi connectivity index (χ0n) is 21.6. The molecule has 3 unspecified atom stereocenters. The van der Waals surface area contributed by atoms with Crippen LogP contribution in [0.25, 0.3) is 11.2 Å². The molecular formula is C19H27N5O17P2. The Morgan fingerprint density at radius 2 is 1.58 bits per heavy atom. The number of ether oxygens (including phenoxy) is 3. The van der Waals surface area contributed by atoms with Gasteiger partial charge in [-0.1, -0.05) is 0 Å². The second-order valence-corrected chi connectivity index (χ2v) is 12.2. The summed E-state index contributed by atoms with van der Waals surface area (Å²) in [5.41, 5.74) is 6.04. The van der Waals surface area contributed by atoms with Crippen molar-refractivity contribution in [3.8, 4) is 0 Å². The van der Waals surface area contributed by atoms with Crippen LogP contribution in [-0.2, 0) is 46.3 Å². The average molecular weight is 659 g/mol. The van der Waals surface area contributed by atoms with Crippen molar-refractivity contribution in [2.45, 2.75) is 62.0 Å². The zero-order chi connectivity index (χ0) is 31.7. The van der Waals surface area contributed by atoms with Crippen LogP contribution in [0.1, 0.15) is 19.1 Å². The number of esters is 1. The molecule has 24 heteroatoms. The van der Waals surface area contributed by atoms with Crippen LogP contribution in [0.4, 0.5) is 5.82 Å². The van der Waals surface area contributed by atoms with Gasteiger partial charge in [-0.2, -0.15) is 4.31 Å². The first-order valence-corrected chi connectivity index (χ1v) is 15.1. The van der Waals surface area contributed by atoms with Gasteiger partial charge in [-0.05, 0) is 0 Å². The van der Waals surface area contributed by atoms with Gasteiger partial charge < -0.3 is 55.3 Å². The number of fused-ring (bicyclic) bond motifs is 1. The largest absolute Gasteiger partial charge is 0.481 e. The van der Waals surface area contributed by atoms with E-state index in [1.54, 1.807) is 0 Å². The van der Waals surface area contributed by atoms with Crippen molar-refractivity contribution < 1.29 is 81.6 Å². The van der Waals surface area contributed by atoms with E-state index in [4.69, 9.17) is 25.1 Å². The number of hydrogen-bond acceptors (Lipinski definition) is 18. The van der Waals surface area contributed by atoms with E-state index in [-0.39, 0.29) is 17.0 Å². The number of aliphatic hydroxyl groups is 4. The third kappa shape index (κ3) is 7.88. The lowest BCUT2D eigenvalue weighted by Crippen LogP contribution is -2.38. The number of nitrogens with two attached hydrogens (primary N) is 1. The first-order chi connectivity index (χ1) is 20.1. The lowest BCUT2D eigenvalue weighted by Gasteiger charge is -2.22. The van der Waals surface area contributed by atoms with E-state index < -0.39 is 103 Å². The fourth-order valence-corrected chi connectivity index (χ4v) is 6.18. The topological polar surface area (TPSA) is 335 Å². The molecule has 2 fully saturated rings. The van der Waals surface area contributed by atoms with E-state index in [0.717, 1.165) is 6.33 Å². The SMILES string of the molecule is Nc1ncnc2c1ncn2[C@@H]1O[C@H](COP(=O)(O)OP(=O)(O)OC[C@@H]2OC(O)[C@@H](O)[C@H]2OC(=O)CCC(=O)O)[C@@H](O)[C@H]1O. The number of aliphatic hydroxyl groups excluding tert-OH is 4. The molecule has 10 atom stereocenters. The number of rotatable bonds is 13. The minimum absolute atomic E-state index is 0.0322. The average Bonchev–Trinajstić information content (AvgIpc) is 3.55. The van der Waals surface area contributed by atoms with Gasteiger partial charge in [-0.15, -0.1) is 0 Å². The highest BCUT2D eigenvalue weighted by atomic mass is 31.3. The molecule has 4 heterocycles. The van der Waals surface area contributed by atoms with Crippen molar-refractivity contribution in [2.24, 2.45) is 0 Å². The molecule has 0 saturated carbocycles. The minimum Gasteiger partial charge on any atom is -0.481 e. The van der Waals surface area contributed by atoms with Crippen LogP contribution in [0.3, 0.4) is 0 Å². The smallest absolute Gasteiger partial charge is 0.481 e. The van der Waals surface area contributed by atoms with E-state index in [1.807, 2.05) is 0 Å². The van der Waals surface area contributed by atoms with Crippen LogP contribution < -0.4 is 5.73 Å². The molecule has 0 bridgehead atoms. The van der Waals surface area contributed by atoms with Gasteiger partial charge >= 0.3 is 27.6 Å². The summed E-state index contributed by atoms with van der Waals surface area (Å²) in [6.07, 6.45) is -12.0. The van der Waals surface area contributed by atoms with E-state index >= 15 is 0 Å². The summed E-state index contributed by atoms with van der Waals surface area (Å²) in [5.74, 6) is -2.38. The summed E-state index contributed by atoms with van der Waals surface area (Å²) >= 11 is 0. The van der Waals surface area contributed by atoms with Gasteiger partial charge in [0.25, 0.3) is 0 Å². The number of phosphoric acid groups is 2. The van der Waals surface area contributed by atoms with E-state index in [1.165, 1.54) is 10.9 Å². The predicted molar refractivity (Wildman–Crippen MR) is 132 cm³/mol. The van der Waals surface area contributed by atoms with Gasteiger partial charge in [0.05, 0.1) is 32.4 Å². The maximum absolute atomic E-state index is 12.4. The number of nitrogen functional groups attached to an aromatic ring is 1. The number of carboxylic acid groups (broad SMARTS) is 1.